The van der Waals surface area contributed by atoms with Gasteiger partial charge >= 0.3 is 0 Å². The molecule has 3 N–H and O–H groups in total. The molecule has 0 saturated heterocycles. The van der Waals surface area contributed by atoms with Gasteiger partial charge in [-0.15, -0.1) is 0 Å². The van der Waals surface area contributed by atoms with Crippen LogP contribution in [0, 0.1) is 0 Å². The maximum Gasteiger partial charge on any atom is 0.270 e. The van der Waals surface area contributed by atoms with Crippen molar-refractivity contribution < 1.29 is 4.79 Å². The summed E-state index contributed by atoms with van der Waals surface area (Å²) in [6.07, 6.45) is 0. The molecular formula is C11H13Cl3N4O. The molecule has 0 aromatic carbocycles. The van der Waals surface area contributed by atoms with Crippen LogP contribution >= 0.6 is 34.8 Å². The van der Waals surface area contributed by atoms with Crippen LogP contribution in [0.3, 0.4) is 0 Å². The zero-order valence-corrected chi connectivity index (χ0v) is 12.9. The number of anilines is 2. The van der Waals surface area contributed by atoms with Crippen molar-refractivity contribution in [3.05, 3.63) is 21.3 Å². The number of nitrogens with two attached hydrogens (primary N) is 1. The number of hydrogen-bond donors (Lipinski definition) is 2. The fourth-order valence-corrected chi connectivity index (χ4v) is 1.39. The predicted molar refractivity (Wildman–Crippen MR) is 78.4 cm³/mol. The average Bonchev–Trinajstić information content (AvgIpc) is 2.25. The molecule has 1 heterocycles. The molecule has 0 aliphatic carbocycles. The lowest BCUT2D eigenvalue weighted by Gasteiger charge is -2.18. The largest absolute Gasteiger partial charge is 0.368 e. The van der Waals surface area contributed by atoms with Crippen molar-refractivity contribution in [3.8, 4) is 0 Å². The first-order valence-corrected chi connectivity index (χ1v) is 6.42. The minimum absolute atomic E-state index is 0.0554. The number of nitrogens with zero attached hydrogens (tertiary/aromatic N) is 2. The summed E-state index contributed by atoms with van der Waals surface area (Å²) in [5, 5.41) is 2.13. The van der Waals surface area contributed by atoms with Crippen molar-refractivity contribution in [1.29, 1.82) is 0 Å². The van der Waals surface area contributed by atoms with E-state index in [0.29, 0.717) is 5.69 Å². The van der Waals surface area contributed by atoms with Gasteiger partial charge in [0.15, 0.2) is 0 Å². The van der Waals surface area contributed by atoms with Crippen LogP contribution in [0.1, 0.15) is 26.5 Å². The van der Waals surface area contributed by atoms with Crippen LogP contribution in [0.5, 0.6) is 0 Å². The van der Waals surface area contributed by atoms with Gasteiger partial charge in [0.2, 0.25) is 5.95 Å². The average molecular weight is 324 g/mol. The lowest BCUT2D eigenvalue weighted by Crippen LogP contribution is -2.18. The van der Waals surface area contributed by atoms with E-state index in [2.05, 4.69) is 15.3 Å². The second-order valence-electron chi connectivity index (χ2n) is 4.78. The smallest absolute Gasteiger partial charge is 0.270 e. The molecule has 0 atom stereocenters. The molecule has 19 heavy (non-hydrogen) atoms. The third-order valence-electron chi connectivity index (χ3n) is 2.12. The number of amides is 1. The molecule has 0 aliphatic heterocycles. The fourth-order valence-electron chi connectivity index (χ4n) is 1.17. The lowest BCUT2D eigenvalue weighted by atomic mass is 9.92. The minimum Gasteiger partial charge on any atom is -0.368 e. The molecule has 8 heteroatoms. The van der Waals surface area contributed by atoms with Crippen LogP contribution in [0.2, 0.25) is 0 Å². The molecule has 1 rings (SSSR count). The third kappa shape index (κ3) is 4.53. The topological polar surface area (TPSA) is 80.9 Å². The second-order valence-corrected chi connectivity index (χ2v) is 6.10. The Kier molecular flexibility index (Phi) is 5.01. The standard InChI is InChI=1S/C11H13Cl3N4O/c1-11(2,3)5-4-6(18-10(15)16-5)17-9(19)7(12)8(13)14/h4H,1-3H3,(H3,15,16,17,18,19). The van der Waals surface area contributed by atoms with Crippen LogP contribution < -0.4 is 11.1 Å². The van der Waals surface area contributed by atoms with Gasteiger partial charge in [-0.1, -0.05) is 55.6 Å². The first-order valence-electron chi connectivity index (χ1n) is 5.28. The summed E-state index contributed by atoms with van der Waals surface area (Å²) >= 11 is 16.5. The van der Waals surface area contributed by atoms with Crippen LogP contribution in [-0.2, 0) is 10.2 Å². The summed E-state index contributed by atoms with van der Waals surface area (Å²) in [5.74, 6) is -0.380. The minimum atomic E-state index is -0.667. The summed E-state index contributed by atoms with van der Waals surface area (Å²) in [6.45, 7) is 5.88. The van der Waals surface area contributed by atoms with Crippen molar-refractivity contribution in [1.82, 2.24) is 9.97 Å². The van der Waals surface area contributed by atoms with E-state index in [9.17, 15) is 4.79 Å². The van der Waals surface area contributed by atoms with Gasteiger partial charge in [-0.25, -0.2) is 4.98 Å². The Bertz CT molecular complexity index is 533. The number of halogens is 3. The molecule has 0 bridgehead atoms. The van der Waals surface area contributed by atoms with E-state index in [0.717, 1.165) is 0 Å². The highest BCUT2D eigenvalue weighted by Crippen LogP contribution is 2.24. The summed E-state index contributed by atoms with van der Waals surface area (Å²) in [5.41, 5.74) is 6.05. The Balaban J connectivity index is 3.07. The highest BCUT2D eigenvalue weighted by atomic mass is 35.5. The SMILES string of the molecule is CC(C)(C)c1cc(NC(=O)C(Cl)=C(Cl)Cl)nc(N)n1. The maximum atomic E-state index is 11.7. The van der Waals surface area contributed by atoms with Gasteiger partial charge in [0, 0.05) is 11.5 Å². The number of hydrogen-bond acceptors (Lipinski definition) is 4. The highest BCUT2D eigenvalue weighted by Gasteiger charge is 2.19. The summed E-state index contributed by atoms with van der Waals surface area (Å²) in [6, 6.07) is 1.61. The van der Waals surface area contributed by atoms with E-state index < -0.39 is 5.91 Å². The highest BCUT2D eigenvalue weighted by molar-refractivity contribution is 6.63. The third-order valence-corrected chi connectivity index (χ3v) is 3.05. The zero-order valence-electron chi connectivity index (χ0n) is 10.6. The monoisotopic (exact) mass is 322 g/mol. The van der Waals surface area contributed by atoms with Gasteiger partial charge in [0.1, 0.15) is 15.3 Å². The van der Waals surface area contributed by atoms with E-state index in [1.165, 1.54) is 0 Å². The number of nitrogen functional groups attached to an aromatic ring is 1. The fraction of sp³-hybridized carbons (Fsp3) is 0.364. The van der Waals surface area contributed by atoms with Gasteiger partial charge in [0.05, 0.1) is 5.69 Å². The molecule has 0 unspecified atom stereocenters. The van der Waals surface area contributed by atoms with Crippen LogP contribution in [0.4, 0.5) is 11.8 Å². The molecule has 5 nitrogen and oxygen atoms in total. The van der Waals surface area contributed by atoms with Gasteiger partial charge in [-0.05, 0) is 0 Å². The van der Waals surface area contributed by atoms with Crippen molar-refractivity contribution >= 4 is 52.5 Å². The molecule has 0 radical (unpaired) electrons. The van der Waals surface area contributed by atoms with E-state index in [1.807, 2.05) is 20.8 Å². The maximum absolute atomic E-state index is 11.7. The summed E-state index contributed by atoms with van der Waals surface area (Å²) in [7, 11) is 0. The normalized spacial score (nSPS) is 11.1. The summed E-state index contributed by atoms with van der Waals surface area (Å²) < 4.78 is -0.322. The molecule has 0 spiro atoms. The van der Waals surface area contributed by atoms with Crippen LogP contribution in [-0.4, -0.2) is 15.9 Å². The molecular weight excluding hydrogens is 311 g/mol. The Labute approximate surface area is 126 Å². The van der Waals surface area contributed by atoms with Crippen molar-refractivity contribution in [2.24, 2.45) is 0 Å². The Morgan fingerprint density at radius 1 is 1.26 bits per heavy atom. The van der Waals surface area contributed by atoms with Crippen molar-refractivity contribution in [2.75, 3.05) is 11.1 Å². The Morgan fingerprint density at radius 2 is 1.84 bits per heavy atom. The van der Waals surface area contributed by atoms with E-state index in [4.69, 9.17) is 40.5 Å². The number of carbonyl (C=O) groups excluding carboxylic acids is 1. The molecule has 1 amide bonds. The first-order chi connectivity index (χ1) is 8.61. The van der Waals surface area contributed by atoms with Crippen molar-refractivity contribution in [3.63, 3.8) is 0 Å². The van der Waals surface area contributed by atoms with Gasteiger partial charge in [-0.2, -0.15) is 4.98 Å². The number of rotatable bonds is 2. The van der Waals surface area contributed by atoms with E-state index in [-0.39, 0.29) is 26.7 Å². The molecule has 104 valence electrons. The van der Waals surface area contributed by atoms with Gasteiger partial charge in [0.25, 0.3) is 5.91 Å². The van der Waals surface area contributed by atoms with Crippen LogP contribution in [0.15, 0.2) is 15.6 Å². The van der Waals surface area contributed by atoms with E-state index in [1.54, 1.807) is 6.07 Å². The van der Waals surface area contributed by atoms with Crippen molar-refractivity contribution in [2.45, 2.75) is 26.2 Å². The first kappa shape index (κ1) is 16.0. The number of aromatic nitrogens is 2. The Morgan fingerprint density at radius 3 is 2.32 bits per heavy atom. The lowest BCUT2D eigenvalue weighted by molar-refractivity contribution is -0.112. The molecule has 1 aromatic heterocycles. The van der Waals surface area contributed by atoms with Gasteiger partial charge < -0.3 is 11.1 Å². The molecule has 1 aromatic rings. The quantitative estimate of drug-likeness (QED) is 0.819. The Hall–Kier alpha value is -1.04. The molecule has 0 aliphatic rings. The zero-order chi connectivity index (χ0) is 14.8. The van der Waals surface area contributed by atoms with Crippen LogP contribution in [0.25, 0.3) is 0 Å². The molecule has 0 saturated carbocycles. The summed E-state index contributed by atoms with van der Waals surface area (Å²) in [4.78, 5) is 19.7. The van der Waals surface area contributed by atoms with Gasteiger partial charge in [-0.3, -0.25) is 4.79 Å². The second kappa shape index (κ2) is 5.94. The number of nitrogens with one attached hydrogen (secondary N) is 1. The molecule has 0 fully saturated rings. The number of carbonyl (C=O) groups is 1. The van der Waals surface area contributed by atoms with E-state index >= 15 is 0 Å². The predicted octanol–water partition coefficient (Wildman–Crippen LogP) is 3.18.